The Morgan fingerprint density at radius 3 is 2.39 bits per heavy atom. The number of methoxy groups -OCH3 is 1. The number of aromatic nitrogens is 2. The van der Waals surface area contributed by atoms with Crippen LogP contribution < -0.4 is 10.1 Å². The van der Waals surface area contributed by atoms with E-state index in [1.807, 2.05) is 30.3 Å². The SMILES string of the molecule is CCCCCCCNc1ncnc2oc(-c3ccccc3)c(-c3ccc(OC)cc3)c12. The summed E-state index contributed by atoms with van der Waals surface area (Å²) in [5.74, 6) is 2.43. The van der Waals surface area contributed by atoms with Crippen molar-refractivity contribution < 1.29 is 9.15 Å². The largest absolute Gasteiger partial charge is 0.497 e. The molecule has 0 aliphatic rings. The predicted molar refractivity (Wildman–Crippen MR) is 126 cm³/mol. The van der Waals surface area contributed by atoms with Crippen molar-refractivity contribution in [3.8, 4) is 28.2 Å². The first-order valence-corrected chi connectivity index (χ1v) is 11.0. The lowest BCUT2D eigenvalue weighted by Gasteiger charge is -2.09. The molecule has 4 aromatic rings. The van der Waals surface area contributed by atoms with E-state index >= 15 is 0 Å². The smallest absolute Gasteiger partial charge is 0.232 e. The molecule has 31 heavy (non-hydrogen) atoms. The topological polar surface area (TPSA) is 60.2 Å². The number of hydrogen-bond acceptors (Lipinski definition) is 5. The minimum absolute atomic E-state index is 0.591. The van der Waals surface area contributed by atoms with Crippen molar-refractivity contribution in [3.05, 3.63) is 60.9 Å². The van der Waals surface area contributed by atoms with Gasteiger partial charge in [0.2, 0.25) is 5.71 Å². The third kappa shape index (κ3) is 4.71. The summed E-state index contributed by atoms with van der Waals surface area (Å²) in [5, 5.41) is 4.44. The van der Waals surface area contributed by atoms with Gasteiger partial charge in [-0.1, -0.05) is 75.1 Å². The molecule has 0 spiro atoms. The average molecular weight is 416 g/mol. The fourth-order valence-electron chi connectivity index (χ4n) is 3.83. The molecule has 160 valence electrons. The molecule has 0 saturated heterocycles. The van der Waals surface area contributed by atoms with Crippen LogP contribution in [0.25, 0.3) is 33.6 Å². The van der Waals surface area contributed by atoms with E-state index in [0.717, 1.165) is 52.4 Å². The number of ether oxygens (including phenoxy) is 1. The summed E-state index contributed by atoms with van der Waals surface area (Å²) in [6, 6.07) is 18.2. The number of nitrogens with one attached hydrogen (secondary N) is 1. The zero-order valence-electron chi connectivity index (χ0n) is 18.2. The highest BCUT2D eigenvalue weighted by Crippen LogP contribution is 2.42. The van der Waals surface area contributed by atoms with Crippen LogP contribution in [0.2, 0.25) is 0 Å². The van der Waals surface area contributed by atoms with Crippen molar-refractivity contribution in [2.75, 3.05) is 19.0 Å². The van der Waals surface area contributed by atoms with Crippen molar-refractivity contribution in [3.63, 3.8) is 0 Å². The van der Waals surface area contributed by atoms with E-state index < -0.39 is 0 Å². The minimum Gasteiger partial charge on any atom is -0.497 e. The lowest BCUT2D eigenvalue weighted by molar-refractivity contribution is 0.415. The van der Waals surface area contributed by atoms with Crippen LogP contribution >= 0.6 is 0 Å². The van der Waals surface area contributed by atoms with Crippen LogP contribution in [0.5, 0.6) is 5.75 Å². The second-order valence-electron chi connectivity index (χ2n) is 7.64. The van der Waals surface area contributed by atoms with Crippen LogP contribution in [0.15, 0.2) is 65.3 Å². The zero-order valence-corrected chi connectivity index (χ0v) is 18.2. The summed E-state index contributed by atoms with van der Waals surface area (Å²) in [5.41, 5.74) is 3.64. The highest BCUT2D eigenvalue weighted by atomic mass is 16.5. The standard InChI is InChI=1S/C26H29N3O2/c1-3-4-5-6-10-17-27-25-23-22(19-13-15-21(30-2)16-14-19)24(20-11-8-7-9-12-20)31-26(23)29-18-28-25/h7-9,11-16,18H,3-6,10,17H2,1-2H3,(H,27,28,29). The van der Waals surface area contributed by atoms with Gasteiger partial charge in [0.05, 0.1) is 12.5 Å². The molecule has 0 aliphatic heterocycles. The predicted octanol–water partition coefficient (Wildman–Crippen LogP) is 6.95. The molecule has 2 aromatic carbocycles. The molecule has 0 atom stereocenters. The van der Waals surface area contributed by atoms with Crippen LogP contribution in [0.1, 0.15) is 39.0 Å². The van der Waals surface area contributed by atoms with Crippen LogP contribution in [0.4, 0.5) is 5.82 Å². The summed E-state index contributed by atoms with van der Waals surface area (Å²) in [6.45, 7) is 3.11. The second-order valence-corrected chi connectivity index (χ2v) is 7.64. The Balaban J connectivity index is 1.75. The van der Waals surface area contributed by atoms with Gasteiger partial charge in [-0.25, -0.2) is 9.97 Å². The number of fused-ring (bicyclic) bond motifs is 1. The van der Waals surface area contributed by atoms with Crippen LogP contribution in [-0.2, 0) is 0 Å². The molecule has 2 heterocycles. The Morgan fingerprint density at radius 2 is 1.65 bits per heavy atom. The Kier molecular flexibility index (Phi) is 6.82. The van der Waals surface area contributed by atoms with Gasteiger partial charge < -0.3 is 14.5 Å². The fraction of sp³-hybridized carbons (Fsp3) is 0.308. The average Bonchev–Trinajstić information content (AvgIpc) is 3.22. The van der Waals surface area contributed by atoms with E-state index in [1.165, 1.54) is 25.7 Å². The molecule has 0 radical (unpaired) electrons. The summed E-state index contributed by atoms with van der Waals surface area (Å²) < 4.78 is 11.6. The Morgan fingerprint density at radius 1 is 0.871 bits per heavy atom. The maximum Gasteiger partial charge on any atom is 0.232 e. The molecule has 5 heteroatoms. The van der Waals surface area contributed by atoms with Crippen LogP contribution in [0, 0.1) is 0 Å². The first-order valence-electron chi connectivity index (χ1n) is 11.0. The van der Waals surface area contributed by atoms with E-state index in [1.54, 1.807) is 13.4 Å². The van der Waals surface area contributed by atoms with Gasteiger partial charge in [0.25, 0.3) is 0 Å². The highest BCUT2D eigenvalue weighted by Gasteiger charge is 2.22. The quantitative estimate of drug-likeness (QED) is 0.284. The molecule has 2 aromatic heterocycles. The maximum atomic E-state index is 6.27. The molecule has 0 fully saturated rings. The number of unbranched alkanes of at least 4 members (excludes halogenated alkanes) is 4. The van der Waals surface area contributed by atoms with Crippen molar-refractivity contribution in [2.45, 2.75) is 39.0 Å². The number of benzene rings is 2. The minimum atomic E-state index is 0.591. The zero-order chi connectivity index (χ0) is 21.5. The van der Waals surface area contributed by atoms with Crippen LogP contribution in [0.3, 0.4) is 0 Å². The van der Waals surface area contributed by atoms with Crippen molar-refractivity contribution >= 4 is 16.9 Å². The third-order valence-electron chi connectivity index (χ3n) is 5.48. The van der Waals surface area contributed by atoms with Crippen molar-refractivity contribution in [2.24, 2.45) is 0 Å². The monoisotopic (exact) mass is 415 g/mol. The number of rotatable bonds is 10. The van der Waals surface area contributed by atoms with Gasteiger partial charge >= 0.3 is 0 Å². The first-order chi connectivity index (χ1) is 15.3. The Labute approximate surface area is 183 Å². The number of hydrogen-bond donors (Lipinski definition) is 1. The molecule has 0 amide bonds. The molecular formula is C26H29N3O2. The van der Waals surface area contributed by atoms with Gasteiger partial charge in [-0.05, 0) is 24.1 Å². The second kappa shape index (κ2) is 10.1. The van der Waals surface area contributed by atoms with Gasteiger partial charge in [-0.2, -0.15) is 0 Å². The molecule has 0 saturated carbocycles. The van der Waals surface area contributed by atoms with E-state index in [2.05, 4.69) is 46.5 Å². The lowest BCUT2D eigenvalue weighted by Crippen LogP contribution is -2.04. The third-order valence-corrected chi connectivity index (χ3v) is 5.48. The molecule has 0 aliphatic carbocycles. The molecular weight excluding hydrogens is 386 g/mol. The summed E-state index contributed by atoms with van der Waals surface area (Å²) >= 11 is 0. The molecule has 0 bridgehead atoms. The van der Waals surface area contributed by atoms with E-state index in [4.69, 9.17) is 9.15 Å². The maximum absolute atomic E-state index is 6.27. The van der Waals surface area contributed by atoms with Crippen molar-refractivity contribution in [1.82, 2.24) is 9.97 Å². The van der Waals surface area contributed by atoms with E-state index in [0.29, 0.717) is 5.71 Å². The molecule has 4 rings (SSSR count). The number of anilines is 1. The van der Waals surface area contributed by atoms with Gasteiger partial charge in [-0.3, -0.25) is 0 Å². The van der Waals surface area contributed by atoms with Crippen LogP contribution in [-0.4, -0.2) is 23.6 Å². The molecule has 1 N–H and O–H groups in total. The van der Waals surface area contributed by atoms with Crippen molar-refractivity contribution in [1.29, 1.82) is 0 Å². The van der Waals surface area contributed by atoms with Gasteiger partial charge in [0, 0.05) is 17.7 Å². The normalized spacial score (nSPS) is 11.0. The van der Waals surface area contributed by atoms with Gasteiger partial charge in [0.1, 0.15) is 23.7 Å². The highest BCUT2D eigenvalue weighted by molar-refractivity contribution is 6.05. The summed E-state index contributed by atoms with van der Waals surface area (Å²) in [6.07, 6.45) is 7.73. The number of furan rings is 1. The summed E-state index contributed by atoms with van der Waals surface area (Å²) in [7, 11) is 1.67. The Hall–Kier alpha value is -3.34. The lowest BCUT2D eigenvalue weighted by atomic mass is 9.99. The Bertz CT molecular complexity index is 1100. The van der Waals surface area contributed by atoms with E-state index in [9.17, 15) is 0 Å². The van der Waals surface area contributed by atoms with E-state index in [-0.39, 0.29) is 0 Å². The first kappa shape index (κ1) is 20.9. The molecule has 0 unspecified atom stereocenters. The fourth-order valence-corrected chi connectivity index (χ4v) is 3.83. The summed E-state index contributed by atoms with van der Waals surface area (Å²) in [4.78, 5) is 9.00. The number of nitrogens with zero attached hydrogens (tertiary/aromatic N) is 2. The van der Waals surface area contributed by atoms with Gasteiger partial charge in [-0.15, -0.1) is 0 Å². The molecule has 5 nitrogen and oxygen atoms in total. The van der Waals surface area contributed by atoms with Gasteiger partial charge in [0.15, 0.2) is 0 Å².